The molecule has 8 nitrogen and oxygen atoms in total. The number of carbonyl (C=O) groups excluding carboxylic acids is 1. The van der Waals surface area contributed by atoms with Crippen molar-refractivity contribution in [1.29, 1.82) is 0 Å². The lowest BCUT2D eigenvalue weighted by atomic mass is 10.1. The molecule has 1 aromatic rings. The van der Waals surface area contributed by atoms with Crippen LogP contribution in [-0.4, -0.2) is 89.2 Å². The molecule has 2 aliphatic rings. The van der Waals surface area contributed by atoms with Gasteiger partial charge >= 0.3 is 0 Å². The van der Waals surface area contributed by atoms with Crippen molar-refractivity contribution in [3.05, 3.63) is 35.4 Å². The molecule has 0 bridgehead atoms. The number of carbonyl (C=O) groups is 1. The summed E-state index contributed by atoms with van der Waals surface area (Å²) in [5.41, 5.74) is 1.22. The SMILES string of the molecule is O=C(NCCCN1CCOCC1)c1ccc(CS(=O)(=O)N2CCOCC2)cc1. The first kappa shape index (κ1) is 21.2. The van der Waals surface area contributed by atoms with E-state index in [1.165, 1.54) is 4.31 Å². The quantitative estimate of drug-likeness (QED) is 0.619. The minimum absolute atomic E-state index is 0.0611. The average Bonchev–Trinajstić information content (AvgIpc) is 2.73. The van der Waals surface area contributed by atoms with Crippen LogP contribution in [0.2, 0.25) is 0 Å². The summed E-state index contributed by atoms with van der Waals surface area (Å²) in [6.45, 7) is 6.67. The lowest BCUT2D eigenvalue weighted by Crippen LogP contribution is -2.41. The number of sulfonamides is 1. The number of ether oxygens (including phenoxy) is 2. The summed E-state index contributed by atoms with van der Waals surface area (Å²) in [5.74, 6) is -0.196. The molecule has 2 aliphatic heterocycles. The number of nitrogens with zero attached hydrogens (tertiary/aromatic N) is 2. The molecule has 0 spiro atoms. The predicted octanol–water partition coefficient (Wildman–Crippen LogP) is 0.301. The Kier molecular flexibility index (Phi) is 7.81. The number of morpholine rings is 2. The van der Waals surface area contributed by atoms with Gasteiger partial charge in [0.15, 0.2) is 0 Å². The molecule has 0 unspecified atom stereocenters. The maximum atomic E-state index is 12.5. The molecule has 0 aliphatic carbocycles. The van der Waals surface area contributed by atoms with Gasteiger partial charge in [-0.25, -0.2) is 8.42 Å². The van der Waals surface area contributed by atoms with Crippen LogP contribution in [0.25, 0.3) is 0 Å². The van der Waals surface area contributed by atoms with Gasteiger partial charge in [-0.15, -0.1) is 0 Å². The van der Waals surface area contributed by atoms with Crippen molar-refractivity contribution >= 4 is 15.9 Å². The predicted molar refractivity (Wildman–Crippen MR) is 106 cm³/mol. The fourth-order valence-corrected chi connectivity index (χ4v) is 4.81. The van der Waals surface area contributed by atoms with E-state index in [-0.39, 0.29) is 11.7 Å². The highest BCUT2D eigenvalue weighted by Gasteiger charge is 2.24. The van der Waals surface area contributed by atoms with Gasteiger partial charge in [0.25, 0.3) is 5.91 Å². The van der Waals surface area contributed by atoms with Gasteiger partial charge in [-0.3, -0.25) is 9.69 Å². The van der Waals surface area contributed by atoms with E-state index in [0.717, 1.165) is 39.3 Å². The van der Waals surface area contributed by atoms with Gasteiger partial charge in [-0.1, -0.05) is 12.1 Å². The number of rotatable bonds is 8. The van der Waals surface area contributed by atoms with Crippen LogP contribution >= 0.6 is 0 Å². The Labute approximate surface area is 166 Å². The normalized spacial score (nSPS) is 19.4. The van der Waals surface area contributed by atoms with E-state index in [2.05, 4.69) is 10.2 Å². The summed E-state index contributed by atoms with van der Waals surface area (Å²) in [6.07, 6.45) is 0.890. The lowest BCUT2D eigenvalue weighted by Gasteiger charge is -2.26. The molecule has 28 heavy (non-hydrogen) atoms. The largest absolute Gasteiger partial charge is 0.379 e. The third-order valence-corrected chi connectivity index (χ3v) is 6.82. The summed E-state index contributed by atoms with van der Waals surface area (Å²) in [5, 5.41) is 2.92. The lowest BCUT2D eigenvalue weighted by molar-refractivity contribution is 0.0374. The van der Waals surface area contributed by atoms with Gasteiger partial charge < -0.3 is 14.8 Å². The van der Waals surface area contributed by atoms with Gasteiger partial charge in [-0.05, 0) is 30.7 Å². The average molecular weight is 412 g/mol. The summed E-state index contributed by atoms with van der Waals surface area (Å²) >= 11 is 0. The Morgan fingerprint density at radius 2 is 1.57 bits per heavy atom. The van der Waals surface area contributed by atoms with Crippen molar-refractivity contribution in [2.75, 3.05) is 65.7 Å². The Hall–Kier alpha value is -1.52. The van der Waals surface area contributed by atoms with E-state index >= 15 is 0 Å². The van der Waals surface area contributed by atoms with Crippen molar-refractivity contribution in [3.8, 4) is 0 Å². The smallest absolute Gasteiger partial charge is 0.251 e. The fraction of sp³-hybridized carbons (Fsp3) is 0.632. The molecule has 2 saturated heterocycles. The number of benzene rings is 1. The van der Waals surface area contributed by atoms with E-state index in [1.807, 2.05) is 0 Å². The molecule has 0 radical (unpaired) electrons. The Balaban J connectivity index is 1.43. The summed E-state index contributed by atoms with van der Waals surface area (Å²) < 4.78 is 36.9. The molecular weight excluding hydrogens is 382 g/mol. The van der Waals surface area contributed by atoms with E-state index in [4.69, 9.17) is 9.47 Å². The van der Waals surface area contributed by atoms with Crippen molar-refractivity contribution in [2.24, 2.45) is 0 Å². The molecule has 2 fully saturated rings. The van der Waals surface area contributed by atoms with Gasteiger partial charge in [0, 0.05) is 38.3 Å². The molecule has 0 aromatic heterocycles. The molecular formula is C19H29N3O5S. The first-order chi connectivity index (χ1) is 13.5. The highest BCUT2D eigenvalue weighted by Crippen LogP contribution is 2.13. The van der Waals surface area contributed by atoms with E-state index < -0.39 is 10.0 Å². The van der Waals surface area contributed by atoms with Crippen LogP contribution in [0.1, 0.15) is 22.3 Å². The second-order valence-corrected chi connectivity index (χ2v) is 9.00. The maximum absolute atomic E-state index is 12.5. The van der Waals surface area contributed by atoms with E-state index in [9.17, 15) is 13.2 Å². The number of amides is 1. The van der Waals surface area contributed by atoms with E-state index in [1.54, 1.807) is 24.3 Å². The van der Waals surface area contributed by atoms with Crippen LogP contribution < -0.4 is 5.32 Å². The fourth-order valence-electron chi connectivity index (χ4n) is 3.31. The van der Waals surface area contributed by atoms with Crippen LogP contribution in [0, 0.1) is 0 Å². The molecule has 2 heterocycles. The first-order valence-electron chi connectivity index (χ1n) is 9.77. The molecule has 0 saturated carbocycles. The molecule has 1 aromatic carbocycles. The molecule has 3 rings (SSSR count). The second kappa shape index (κ2) is 10.3. The summed E-state index contributed by atoms with van der Waals surface area (Å²) in [4.78, 5) is 14.6. The Bertz CT molecular complexity index is 726. The van der Waals surface area contributed by atoms with Gasteiger partial charge in [0.05, 0.1) is 32.2 Å². The molecule has 0 atom stereocenters. The van der Waals surface area contributed by atoms with Gasteiger partial charge in [0.2, 0.25) is 10.0 Å². The standard InChI is InChI=1S/C19H29N3O5S/c23-19(20-6-1-7-21-8-12-26-13-9-21)18-4-2-17(3-5-18)16-28(24,25)22-10-14-27-15-11-22/h2-5H,1,6-16H2,(H,20,23). The maximum Gasteiger partial charge on any atom is 0.251 e. The van der Waals surface area contributed by atoms with Crippen LogP contribution in [-0.2, 0) is 25.2 Å². The highest BCUT2D eigenvalue weighted by molar-refractivity contribution is 7.88. The zero-order chi connectivity index (χ0) is 19.8. The third-order valence-electron chi connectivity index (χ3n) is 4.97. The minimum atomic E-state index is -3.36. The minimum Gasteiger partial charge on any atom is -0.379 e. The topological polar surface area (TPSA) is 88.2 Å². The monoisotopic (exact) mass is 411 g/mol. The second-order valence-electron chi connectivity index (χ2n) is 7.03. The van der Waals surface area contributed by atoms with Crippen LogP contribution in [0.4, 0.5) is 0 Å². The Morgan fingerprint density at radius 1 is 0.964 bits per heavy atom. The number of hydrogen-bond acceptors (Lipinski definition) is 6. The summed E-state index contributed by atoms with van der Waals surface area (Å²) in [7, 11) is -3.36. The molecule has 1 N–H and O–H groups in total. The van der Waals surface area contributed by atoms with E-state index in [0.29, 0.717) is 44.0 Å². The van der Waals surface area contributed by atoms with Crippen molar-refractivity contribution < 1.29 is 22.7 Å². The summed E-state index contributed by atoms with van der Waals surface area (Å²) in [6, 6.07) is 6.78. The van der Waals surface area contributed by atoms with Crippen molar-refractivity contribution in [1.82, 2.24) is 14.5 Å². The highest BCUT2D eigenvalue weighted by atomic mass is 32.2. The molecule has 1 amide bonds. The van der Waals surface area contributed by atoms with Crippen LogP contribution in [0.5, 0.6) is 0 Å². The third kappa shape index (κ3) is 6.25. The first-order valence-corrected chi connectivity index (χ1v) is 11.4. The zero-order valence-corrected chi connectivity index (χ0v) is 17.0. The van der Waals surface area contributed by atoms with Crippen LogP contribution in [0.3, 0.4) is 0 Å². The number of nitrogens with one attached hydrogen (secondary N) is 1. The molecule has 156 valence electrons. The van der Waals surface area contributed by atoms with Gasteiger partial charge in [0.1, 0.15) is 0 Å². The zero-order valence-electron chi connectivity index (χ0n) is 16.1. The number of hydrogen-bond donors (Lipinski definition) is 1. The van der Waals surface area contributed by atoms with Crippen molar-refractivity contribution in [2.45, 2.75) is 12.2 Å². The van der Waals surface area contributed by atoms with Crippen molar-refractivity contribution in [3.63, 3.8) is 0 Å². The Morgan fingerprint density at radius 3 is 2.21 bits per heavy atom. The van der Waals surface area contributed by atoms with Crippen LogP contribution in [0.15, 0.2) is 24.3 Å². The van der Waals surface area contributed by atoms with Gasteiger partial charge in [-0.2, -0.15) is 4.31 Å². The molecule has 9 heteroatoms.